The van der Waals surface area contributed by atoms with E-state index in [0.717, 1.165) is 36.3 Å². The zero-order valence-electron chi connectivity index (χ0n) is 79.1. The van der Waals surface area contributed by atoms with Crippen LogP contribution in [-0.2, 0) is 117 Å². The predicted molar refractivity (Wildman–Crippen MR) is 529 cm³/mol. The summed E-state index contributed by atoms with van der Waals surface area (Å²) in [6.45, 7) is 3.33. The van der Waals surface area contributed by atoms with Gasteiger partial charge in [-0.15, -0.1) is 0 Å². The van der Waals surface area contributed by atoms with Gasteiger partial charge in [0.25, 0.3) is 0 Å². The van der Waals surface area contributed by atoms with Gasteiger partial charge in [-0.25, -0.2) is 9.97 Å². The van der Waals surface area contributed by atoms with E-state index in [4.69, 9.17) is 22.3 Å². The number of fused-ring (bicyclic) bond motifs is 8. The number of hydrogen-bond donors (Lipinski definition) is 22. The van der Waals surface area contributed by atoms with Gasteiger partial charge in [-0.3, -0.25) is 82.7 Å². The molecule has 3 aliphatic rings. The molecule has 15 atom stereocenters. The maximum atomic E-state index is 16.2. The molecule has 0 saturated carbocycles. The van der Waals surface area contributed by atoms with Gasteiger partial charge in [0.05, 0.1) is 30.5 Å². The van der Waals surface area contributed by atoms with Crippen molar-refractivity contribution in [2.75, 3.05) is 52.3 Å². The fourth-order valence-corrected chi connectivity index (χ4v) is 19.9. The van der Waals surface area contributed by atoms with E-state index in [1.165, 1.54) is 75.4 Å². The summed E-state index contributed by atoms with van der Waals surface area (Å²) in [4.78, 5) is 261. The van der Waals surface area contributed by atoms with E-state index in [-0.39, 0.29) is 107 Å². The van der Waals surface area contributed by atoms with Crippen LogP contribution in [0.5, 0.6) is 5.75 Å². The van der Waals surface area contributed by atoms with Crippen molar-refractivity contribution in [3.8, 4) is 5.75 Å². The minimum atomic E-state index is -2.17. The number of carbonyl (C=O) groups is 15. The number of aliphatic carboxylic acids is 1. The van der Waals surface area contributed by atoms with Gasteiger partial charge in [0, 0.05) is 144 Å². The van der Waals surface area contributed by atoms with E-state index in [9.17, 15) is 15.0 Å². The molecule has 0 radical (unpaired) electrons. The second kappa shape index (κ2) is 50.5. The van der Waals surface area contributed by atoms with Crippen molar-refractivity contribution in [1.82, 2.24) is 113 Å². The highest BCUT2D eigenvalue weighted by molar-refractivity contribution is 8.76. The third-order valence-electron chi connectivity index (χ3n) is 25.5. The molecule has 43 nitrogen and oxygen atoms in total. The lowest BCUT2D eigenvalue weighted by Gasteiger charge is -2.36. The molecular weight excluding hydrogens is 1870 g/mol. The number of carboxylic acid groups (broad SMARTS) is 1. The molecule has 24 N–H and O–H groups in total. The number of benzene rings is 5. The number of para-hydroxylation sites is 2. The molecule has 0 spiro atoms. The molecule has 7 heterocycles. The van der Waals surface area contributed by atoms with E-state index in [0.29, 0.717) is 49.6 Å². The van der Waals surface area contributed by atoms with Gasteiger partial charge in [0.15, 0.2) is 11.9 Å². The number of carboxylic acids is 1. The number of guanidine groups is 2. The molecule has 0 unspecified atom stereocenters. The maximum Gasteiger partial charge on any atom is 0.305 e. The summed E-state index contributed by atoms with van der Waals surface area (Å²) in [7, 11) is 5.54. The van der Waals surface area contributed by atoms with E-state index in [2.05, 4.69) is 93.7 Å². The SMILES string of the molecule is CC[C@H](C)[C@@H]1NC(=O)[C@@H]2CCCN2C(=O)[C@H](Cc2c[nH]c3ccccc23)NC(=O)[C@H](CCCNC(=N)N)N(C)C(=O)[C@@H](Cc2ccccc2)NC(=O)[C@H](Cc2c[nH]cn2)NC(=O)[C@H](CC(=O)O)NC(=O)[C@@H]2CSSC[C@H](NC1=O)C(=O)N[C@@H](Cc1c[nH]cn1)C(=O)N[C@H](Cc1ccccc1)C(=O)N(C)[C@@H](CCCNC(=N)N)C(=O)N(C)[C@@H](Cc1c[nH]c3ccccc13)C(=O)N[C@@H](Cc1ccc(O)cc1)C(=O)N2. The fraction of sp³-hybridized carbons (Fsp3) is 0.412. The van der Waals surface area contributed by atoms with Crippen molar-refractivity contribution >= 4 is 144 Å². The molecule has 142 heavy (non-hydrogen) atoms. The molecule has 2 bridgehead atoms. The van der Waals surface area contributed by atoms with Gasteiger partial charge in [-0.2, -0.15) is 0 Å². The molecule has 0 aliphatic carbocycles. The van der Waals surface area contributed by atoms with Crippen molar-refractivity contribution in [2.45, 2.75) is 195 Å². The molecule has 3 aliphatic heterocycles. The Morgan fingerprint density at radius 1 is 0.451 bits per heavy atom. The number of nitrogens with zero attached hydrogens (tertiary/aromatic N) is 6. The first kappa shape index (κ1) is 106. The Hall–Kier alpha value is -15.3. The first-order valence-electron chi connectivity index (χ1n) is 46.9. The van der Waals surface area contributed by atoms with Crippen LogP contribution in [0.25, 0.3) is 21.8 Å². The molecule has 9 aromatic rings. The summed E-state index contributed by atoms with van der Waals surface area (Å²) < 4.78 is 0. The number of nitrogens with two attached hydrogens (primary N) is 2. The van der Waals surface area contributed by atoms with Crippen LogP contribution < -0.4 is 75.3 Å². The third-order valence-corrected chi connectivity index (χ3v) is 28.0. The van der Waals surface area contributed by atoms with E-state index >= 15 is 67.1 Å². The normalized spacial score (nSPS) is 23.5. The number of amides is 14. The Balaban J connectivity index is 1.01. The summed E-state index contributed by atoms with van der Waals surface area (Å²) in [5.41, 5.74) is 15.5. The molecule has 3 saturated heterocycles. The Morgan fingerprint density at radius 3 is 1.38 bits per heavy atom. The number of aromatic hydroxyl groups is 1. The second-order valence-electron chi connectivity index (χ2n) is 35.5. The van der Waals surface area contributed by atoms with Crippen molar-refractivity contribution < 1.29 is 82.1 Å². The van der Waals surface area contributed by atoms with Gasteiger partial charge in [-0.05, 0) is 96.5 Å². The van der Waals surface area contributed by atoms with E-state index in [1.54, 1.807) is 123 Å². The molecule has 4 aromatic heterocycles. The van der Waals surface area contributed by atoms with Crippen LogP contribution in [-0.4, -0.2) is 297 Å². The lowest BCUT2D eigenvalue weighted by atomic mass is 9.97. The van der Waals surface area contributed by atoms with Crippen LogP contribution in [0.4, 0.5) is 0 Å². The first-order valence-corrected chi connectivity index (χ1v) is 49.3. The van der Waals surface area contributed by atoms with E-state index < -0.39 is 228 Å². The summed E-state index contributed by atoms with van der Waals surface area (Å²) >= 11 is 0. The molecule has 14 amide bonds. The van der Waals surface area contributed by atoms with Crippen LogP contribution in [0, 0.1) is 16.7 Å². The highest BCUT2D eigenvalue weighted by Gasteiger charge is 2.46. The average molecular weight is 1990 g/mol. The summed E-state index contributed by atoms with van der Waals surface area (Å²) in [5, 5.41) is 71.8. The first-order chi connectivity index (χ1) is 68.2. The van der Waals surface area contributed by atoms with Crippen LogP contribution >= 0.6 is 21.6 Å². The van der Waals surface area contributed by atoms with Crippen molar-refractivity contribution in [1.29, 1.82) is 10.8 Å². The Bertz CT molecular complexity index is 5950. The largest absolute Gasteiger partial charge is 0.508 e. The number of aromatic nitrogens is 6. The average Bonchev–Trinajstić information content (AvgIpc) is 1.56. The maximum absolute atomic E-state index is 16.2. The predicted octanol–water partition coefficient (Wildman–Crippen LogP) is 0.576. The molecule has 45 heteroatoms. The number of nitrogens with one attached hydrogen (secondary N) is 18. The van der Waals surface area contributed by atoms with Crippen molar-refractivity contribution in [2.24, 2.45) is 17.4 Å². The summed E-state index contributed by atoms with van der Waals surface area (Å²) in [6, 6.07) is 13.3. The number of phenolic OH excluding ortho intramolecular Hbond substituents is 1. The third kappa shape index (κ3) is 28.7. The second-order valence-corrected chi connectivity index (χ2v) is 38.1. The minimum absolute atomic E-state index is 0.00109. The monoisotopic (exact) mass is 1990 g/mol. The molecule has 3 fully saturated rings. The van der Waals surface area contributed by atoms with Crippen LogP contribution in [0.2, 0.25) is 0 Å². The van der Waals surface area contributed by atoms with Gasteiger partial charge < -0.3 is 125 Å². The summed E-state index contributed by atoms with van der Waals surface area (Å²) in [6.07, 6.45) is 5.38. The number of H-pyrrole nitrogens is 4. The number of carbonyl (C=O) groups excluding carboxylic acids is 14. The number of hydrogen-bond acceptors (Lipinski definition) is 22. The van der Waals surface area contributed by atoms with Gasteiger partial charge in [0.1, 0.15) is 90.3 Å². The number of aromatic amines is 4. The molecule has 5 aromatic carbocycles. The van der Waals surface area contributed by atoms with Crippen molar-refractivity contribution in [3.63, 3.8) is 0 Å². The minimum Gasteiger partial charge on any atom is -0.508 e. The zero-order chi connectivity index (χ0) is 102. The van der Waals surface area contributed by atoms with E-state index in [1.807, 2.05) is 12.1 Å². The Morgan fingerprint density at radius 2 is 0.866 bits per heavy atom. The van der Waals surface area contributed by atoms with Gasteiger partial charge in [-0.1, -0.05) is 151 Å². The Labute approximate surface area is 826 Å². The zero-order valence-corrected chi connectivity index (χ0v) is 80.8. The quantitative estimate of drug-likeness (QED) is 0.0153. The molecule has 754 valence electrons. The number of rotatable bonds is 26. The van der Waals surface area contributed by atoms with Crippen LogP contribution in [0.1, 0.15) is 104 Å². The molecular formula is C97H122N26O17S2. The topological polar surface area (TPSA) is 643 Å². The van der Waals surface area contributed by atoms with Crippen LogP contribution in [0.15, 0.2) is 171 Å². The van der Waals surface area contributed by atoms with Crippen LogP contribution in [0.3, 0.4) is 0 Å². The molecule has 12 rings (SSSR count). The standard InChI is InChI=1S/C97H122N26O17S2/c1-6-54(2)81-91(136)118-75-51-142-141-50-74(117-82(127)67(38-57-31-33-62(124)34-32-57)113-90(135)79(42-59-47-107-66-27-16-14-25-64(59)66)122(5)95(140)78(29-18-36-105-97(100)101)121(4)93(138)72(40-56-22-11-8-12-23-56)115-84(129)69(111-87(75)132)44-61-49-103-53-109-61)86(131)112-70(45-80(125)126)85(130)110-68(43-60-48-102-52-108-60)83(128)114-71(39-55-20-9-7-10-21-55)92(137)120(3)76(28-17-35-104-96(98)99)88(133)116-73(41-58-46-106-65-26-15-13-24-63(58)65)94(139)123-37-19-30-77(123)89(134)119-81/h7-16,20-27,31-34,46-49,52-54,67-79,81,106-107,124H,6,17-19,28-30,35-45,50-51H2,1-5H3,(H,102,108)(H,103,109)(H,110,130)(H,111,132)(H,112,131)(H,113,135)(H,114,128)(H,115,129)(H,116,133)(H,117,127)(H,118,136)(H,119,134)(H,125,126)(H4,98,99,104)(H4,100,101,105)/t54-,67-,68-,69-,70-,71+,72+,73-,74-,75-,76-,77-,78-,79-,81-/m0/s1. The van der Waals surface area contributed by atoms with Gasteiger partial charge >= 0.3 is 5.97 Å². The summed E-state index contributed by atoms with van der Waals surface area (Å²) in [5.74, 6) is -18.5. The number of imidazole rings is 2. The lowest BCUT2D eigenvalue weighted by Crippen LogP contribution is -2.62. The highest BCUT2D eigenvalue weighted by atomic mass is 33.1. The van der Waals surface area contributed by atoms with Crippen molar-refractivity contribution in [3.05, 3.63) is 210 Å². The highest BCUT2D eigenvalue weighted by Crippen LogP contribution is 2.30. The lowest BCUT2D eigenvalue weighted by molar-refractivity contribution is -0.149. The number of likely N-dealkylation sites (N-methyl/N-ethyl adjacent to an activating group) is 3. The number of phenols is 1. The van der Waals surface area contributed by atoms with Gasteiger partial charge in [0.2, 0.25) is 82.7 Å². The smallest absolute Gasteiger partial charge is 0.305 e. The fourth-order valence-electron chi connectivity index (χ4n) is 17.5. The Kier molecular flexibility index (Phi) is 37.6.